The number of aromatic nitrogens is 1. The van der Waals surface area contributed by atoms with Crippen molar-refractivity contribution < 1.29 is 31.1 Å². The molecule has 0 fully saturated rings. The number of nitrogens with zero attached hydrogens (tertiary/aromatic N) is 2. The normalized spacial score (nSPS) is 10.0. The smallest absolute Gasteiger partial charge is 0.227 e. The number of methoxy groups -OCH3 is 1. The van der Waals surface area contributed by atoms with Crippen LogP contribution in [-0.2, 0) is 6.54 Å². The topological polar surface area (TPSA) is 33.4 Å². The van der Waals surface area contributed by atoms with E-state index in [9.17, 15) is 4.79 Å². The van der Waals surface area contributed by atoms with E-state index < -0.39 is 0 Å². The van der Waals surface area contributed by atoms with E-state index in [4.69, 9.17) is 4.74 Å². The van der Waals surface area contributed by atoms with Gasteiger partial charge in [-0.15, -0.1) is 0 Å². The summed E-state index contributed by atoms with van der Waals surface area (Å²) in [5.41, 5.74) is 4.14. The number of ketones is 1. The lowest BCUT2D eigenvalue weighted by Crippen LogP contribution is -3.00. The Morgan fingerprint density at radius 1 is 0.889 bits per heavy atom. The number of anilines is 1. The highest BCUT2D eigenvalue weighted by molar-refractivity contribution is 5.95. The van der Waals surface area contributed by atoms with E-state index in [-0.39, 0.29) is 22.8 Å². The van der Waals surface area contributed by atoms with Gasteiger partial charge in [-0.3, -0.25) is 4.79 Å². The molecule has 140 valence electrons. The van der Waals surface area contributed by atoms with Crippen molar-refractivity contribution >= 4 is 11.5 Å². The highest BCUT2D eigenvalue weighted by Gasteiger charge is 2.12. The molecule has 4 nitrogen and oxygen atoms in total. The minimum atomic E-state index is 0. The van der Waals surface area contributed by atoms with Crippen LogP contribution in [0.3, 0.4) is 0 Å². The van der Waals surface area contributed by atoms with Gasteiger partial charge in [0.2, 0.25) is 12.3 Å². The van der Waals surface area contributed by atoms with Crippen LogP contribution in [0, 0.1) is 0 Å². The number of rotatable bonds is 6. The summed E-state index contributed by atoms with van der Waals surface area (Å²) >= 11 is 0. The van der Waals surface area contributed by atoms with Crippen molar-refractivity contribution in [2.75, 3.05) is 26.1 Å². The van der Waals surface area contributed by atoms with Crippen molar-refractivity contribution in [1.82, 2.24) is 0 Å². The van der Waals surface area contributed by atoms with E-state index >= 15 is 0 Å². The van der Waals surface area contributed by atoms with Crippen LogP contribution < -0.4 is 31.2 Å². The molecule has 3 rings (SSSR count). The molecule has 2 aromatic carbocycles. The maximum atomic E-state index is 12.4. The molecule has 0 spiro atoms. The van der Waals surface area contributed by atoms with Gasteiger partial charge in [0.15, 0.2) is 12.4 Å². The maximum absolute atomic E-state index is 12.4. The molecule has 0 saturated heterocycles. The summed E-state index contributed by atoms with van der Waals surface area (Å²) in [5, 5.41) is 0. The minimum absolute atomic E-state index is 0. The van der Waals surface area contributed by atoms with E-state index in [1.165, 1.54) is 5.69 Å². The van der Waals surface area contributed by atoms with Crippen molar-refractivity contribution in [3.8, 4) is 16.9 Å². The highest BCUT2D eigenvalue weighted by Crippen LogP contribution is 2.21. The Labute approximate surface area is 170 Å². The first-order chi connectivity index (χ1) is 12.6. The average molecular weight is 427 g/mol. The number of benzene rings is 2. The van der Waals surface area contributed by atoms with Crippen molar-refractivity contribution in [2.24, 2.45) is 0 Å². The van der Waals surface area contributed by atoms with Crippen molar-refractivity contribution in [3.05, 3.63) is 78.6 Å². The molecule has 0 radical (unpaired) electrons. The Morgan fingerprint density at radius 2 is 1.44 bits per heavy atom. The Balaban J connectivity index is 0.00000261. The molecule has 0 amide bonds. The van der Waals surface area contributed by atoms with Crippen LogP contribution in [0.25, 0.3) is 11.1 Å². The fourth-order valence-corrected chi connectivity index (χ4v) is 2.74. The molecule has 1 aromatic heterocycles. The summed E-state index contributed by atoms with van der Waals surface area (Å²) in [6.45, 7) is 0.312. The van der Waals surface area contributed by atoms with Gasteiger partial charge < -0.3 is 26.6 Å². The zero-order valence-electron chi connectivity index (χ0n) is 15.7. The minimum Gasteiger partial charge on any atom is -1.00 e. The van der Waals surface area contributed by atoms with Crippen molar-refractivity contribution in [2.45, 2.75) is 6.54 Å². The molecule has 0 saturated carbocycles. The van der Waals surface area contributed by atoms with Crippen molar-refractivity contribution in [3.63, 3.8) is 0 Å². The van der Waals surface area contributed by atoms with Gasteiger partial charge in [-0.05, 0) is 47.5 Å². The largest absolute Gasteiger partial charge is 1.00 e. The number of pyridine rings is 1. The summed E-state index contributed by atoms with van der Waals surface area (Å²) in [6.07, 6.45) is 3.88. The number of carbonyl (C=O) groups excluding carboxylic acids is 1. The van der Waals surface area contributed by atoms with E-state index in [0.717, 1.165) is 16.9 Å². The predicted octanol–water partition coefficient (Wildman–Crippen LogP) is 0.603. The zero-order valence-corrected chi connectivity index (χ0v) is 17.3. The predicted molar refractivity (Wildman–Crippen MR) is 104 cm³/mol. The van der Waals surface area contributed by atoms with E-state index in [0.29, 0.717) is 12.1 Å². The van der Waals surface area contributed by atoms with Gasteiger partial charge >= 0.3 is 0 Å². The van der Waals surface area contributed by atoms with Gasteiger partial charge in [0.25, 0.3) is 0 Å². The molecule has 27 heavy (non-hydrogen) atoms. The van der Waals surface area contributed by atoms with Gasteiger partial charge in [0.05, 0.1) is 7.11 Å². The second-order valence-corrected chi connectivity index (χ2v) is 6.35. The van der Waals surface area contributed by atoms with Crippen molar-refractivity contribution in [1.29, 1.82) is 0 Å². The van der Waals surface area contributed by atoms with Gasteiger partial charge in [-0.1, -0.05) is 12.1 Å². The monoisotopic (exact) mass is 426 g/mol. The summed E-state index contributed by atoms with van der Waals surface area (Å²) in [5.74, 6) is 0.819. The first-order valence-corrected chi connectivity index (χ1v) is 8.51. The van der Waals surface area contributed by atoms with Crippen LogP contribution in [0.5, 0.6) is 5.75 Å². The summed E-state index contributed by atoms with van der Waals surface area (Å²) in [6, 6.07) is 19.7. The van der Waals surface area contributed by atoms with Gasteiger partial charge in [-0.25, -0.2) is 0 Å². The lowest BCUT2D eigenvalue weighted by molar-refractivity contribution is -0.683. The standard InChI is InChI=1S/C22H23N2O2.BrH/c1-23(2)20-8-4-17(5-9-20)18-12-14-24(15-13-18)16-22(25)19-6-10-21(26-3)11-7-19;/h4-15H,16H2,1-3H3;1H/q+1;/p-1. The van der Waals surface area contributed by atoms with Gasteiger partial charge in [0.1, 0.15) is 5.75 Å². The summed E-state index contributed by atoms with van der Waals surface area (Å²) in [4.78, 5) is 14.5. The fourth-order valence-electron chi connectivity index (χ4n) is 2.74. The number of halogens is 1. The number of hydrogen-bond acceptors (Lipinski definition) is 3. The molecule has 0 atom stereocenters. The van der Waals surface area contributed by atoms with Crippen LogP contribution in [0.1, 0.15) is 10.4 Å². The first-order valence-electron chi connectivity index (χ1n) is 8.51. The molecule has 0 N–H and O–H groups in total. The van der Waals surface area contributed by atoms with Crippen LogP contribution in [0.15, 0.2) is 73.1 Å². The Morgan fingerprint density at radius 3 is 1.96 bits per heavy atom. The molecule has 0 aliphatic carbocycles. The third kappa shape index (κ3) is 5.17. The molecule has 0 aliphatic heterocycles. The van der Waals surface area contributed by atoms with E-state index in [2.05, 4.69) is 29.2 Å². The highest BCUT2D eigenvalue weighted by atomic mass is 79.9. The lowest BCUT2D eigenvalue weighted by Gasteiger charge is -2.12. The molecule has 0 bridgehead atoms. The summed E-state index contributed by atoms with van der Waals surface area (Å²) < 4.78 is 7.02. The van der Waals surface area contributed by atoms with Gasteiger partial charge in [0, 0.05) is 37.5 Å². The quantitative estimate of drug-likeness (QED) is 0.427. The molecule has 0 aliphatic rings. The number of ether oxygens (including phenoxy) is 1. The number of Topliss-reactive ketones (excluding diaryl/α,β-unsaturated/α-hetero) is 1. The number of hydrogen-bond donors (Lipinski definition) is 0. The molecular formula is C22H23BrN2O2. The fraction of sp³-hybridized carbons (Fsp3) is 0.182. The van der Waals surface area contributed by atoms with Crippen LogP contribution in [-0.4, -0.2) is 27.0 Å². The molecular weight excluding hydrogens is 404 g/mol. The third-order valence-electron chi connectivity index (χ3n) is 4.35. The van der Waals surface area contributed by atoms with E-state index in [1.54, 1.807) is 31.4 Å². The van der Waals surface area contributed by atoms with Gasteiger partial charge in [-0.2, -0.15) is 4.57 Å². The lowest BCUT2D eigenvalue weighted by atomic mass is 10.1. The first kappa shape index (κ1) is 20.6. The van der Waals surface area contributed by atoms with Crippen LogP contribution in [0.4, 0.5) is 5.69 Å². The maximum Gasteiger partial charge on any atom is 0.227 e. The molecule has 5 heteroatoms. The van der Waals surface area contributed by atoms with Crippen LogP contribution >= 0.6 is 0 Å². The molecule has 0 unspecified atom stereocenters. The number of carbonyl (C=O) groups is 1. The zero-order chi connectivity index (χ0) is 18.5. The Bertz CT molecular complexity index is 874. The second-order valence-electron chi connectivity index (χ2n) is 6.35. The molecule has 1 heterocycles. The second kappa shape index (κ2) is 9.33. The summed E-state index contributed by atoms with van der Waals surface area (Å²) in [7, 11) is 5.67. The molecule has 3 aromatic rings. The average Bonchev–Trinajstić information content (AvgIpc) is 2.68. The van der Waals surface area contributed by atoms with Crippen LogP contribution in [0.2, 0.25) is 0 Å². The third-order valence-corrected chi connectivity index (χ3v) is 4.35. The Kier molecular flexibility index (Phi) is 7.13. The van der Waals surface area contributed by atoms with E-state index in [1.807, 2.05) is 43.2 Å². The SMILES string of the molecule is COc1ccc(C(=O)C[n+]2ccc(-c3ccc(N(C)C)cc3)cc2)cc1.[Br-]. The Hall–Kier alpha value is -2.66.